The Balaban J connectivity index is 1.69. The van der Waals surface area contributed by atoms with Crippen LogP contribution in [0.5, 0.6) is 0 Å². The van der Waals surface area contributed by atoms with Gasteiger partial charge in [0.25, 0.3) is 0 Å². The number of unbranched alkanes of at least 4 members (excludes halogenated alkanes) is 3. The molecule has 0 saturated heterocycles. The average molecular weight is 357 g/mol. The molecule has 2 heterocycles. The molecule has 3 rings (SSSR count). The van der Waals surface area contributed by atoms with Gasteiger partial charge in [-0.3, -0.25) is 4.90 Å². The van der Waals surface area contributed by atoms with E-state index < -0.39 is 0 Å². The Morgan fingerprint density at radius 1 is 1.32 bits per heavy atom. The van der Waals surface area contributed by atoms with Crippen molar-refractivity contribution in [2.75, 3.05) is 25.0 Å². The molecule has 0 saturated carbocycles. The lowest BCUT2D eigenvalue weighted by Crippen LogP contribution is -2.29. The zero-order valence-electron chi connectivity index (χ0n) is 15.0. The van der Waals surface area contributed by atoms with Crippen LogP contribution >= 0.6 is 12.2 Å². The van der Waals surface area contributed by atoms with E-state index in [-0.39, 0.29) is 0 Å². The van der Waals surface area contributed by atoms with E-state index in [0.29, 0.717) is 5.11 Å². The smallest absolute Gasteiger partial charge is 0.168 e. The minimum Gasteiger partial charge on any atom is -0.376 e. The van der Waals surface area contributed by atoms with Crippen molar-refractivity contribution in [2.45, 2.75) is 39.0 Å². The SMILES string of the molecule is CCCCCCN1CC=C(c2c[nH]c3ccc(NC(N)=S)cc23)CC1. The molecule has 1 aromatic heterocycles. The topological polar surface area (TPSA) is 57.1 Å². The van der Waals surface area contributed by atoms with Crippen molar-refractivity contribution in [3.8, 4) is 0 Å². The van der Waals surface area contributed by atoms with Crippen LogP contribution in [-0.4, -0.2) is 34.6 Å². The predicted molar refractivity (Wildman–Crippen MR) is 112 cm³/mol. The first-order valence-corrected chi connectivity index (χ1v) is 9.67. The molecule has 134 valence electrons. The van der Waals surface area contributed by atoms with Crippen LogP contribution in [0.15, 0.2) is 30.5 Å². The van der Waals surface area contributed by atoms with Crippen LogP contribution in [0.3, 0.4) is 0 Å². The van der Waals surface area contributed by atoms with Crippen LogP contribution in [0.25, 0.3) is 16.5 Å². The van der Waals surface area contributed by atoms with Crippen molar-refractivity contribution in [2.24, 2.45) is 5.73 Å². The fraction of sp³-hybridized carbons (Fsp3) is 0.450. The molecule has 0 bridgehead atoms. The summed E-state index contributed by atoms with van der Waals surface area (Å²) in [5.74, 6) is 0. The summed E-state index contributed by atoms with van der Waals surface area (Å²) in [7, 11) is 0. The standard InChI is InChI=1S/C20H28N4S/c1-2-3-4-5-10-24-11-8-15(9-12-24)18-14-22-19-7-6-16(13-17(18)19)23-20(21)25/h6-8,13-14,22H,2-5,9-12H2,1H3,(H3,21,23,25). The molecule has 0 spiro atoms. The number of nitrogens with two attached hydrogens (primary N) is 1. The molecule has 0 amide bonds. The molecule has 1 aromatic carbocycles. The number of H-pyrrole nitrogens is 1. The second-order valence-electron chi connectivity index (χ2n) is 6.79. The van der Waals surface area contributed by atoms with Crippen molar-refractivity contribution in [1.82, 2.24) is 9.88 Å². The largest absolute Gasteiger partial charge is 0.376 e. The normalized spacial score (nSPS) is 15.3. The van der Waals surface area contributed by atoms with Gasteiger partial charge < -0.3 is 16.0 Å². The van der Waals surface area contributed by atoms with E-state index in [1.807, 2.05) is 6.07 Å². The number of benzene rings is 1. The molecular formula is C20H28N4S. The highest BCUT2D eigenvalue weighted by molar-refractivity contribution is 7.80. The Morgan fingerprint density at radius 2 is 2.20 bits per heavy atom. The highest BCUT2D eigenvalue weighted by Gasteiger charge is 2.15. The maximum absolute atomic E-state index is 5.59. The zero-order chi connectivity index (χ0) is 17.6. The van der Waals surface area contributed by atoms with Gasteiger partial charge in [-0.25, -0.2) is 0 Å². The third-order valence-corrected chi connectivity index (χ3v) is 5.02. The first-order valence-electron chi connectivity index (χ1n) is 9.26. The Bertz CT molecular complexity index is 762. The third-order valence-electron chi connectivity index (χ3n) is 4.92. The number of aromatic amines is 1. The Morgan fingerprint density at radius 3 is 2.92 bits per heavy atom. The van der Waals surface area contributed by atoms with E-state index in [4.69, 9.17) is 18.0 Å². The molecule has 0 aliphatic carbocycles. The number of nitrogens with one attached hydrogen (secondary N) is 2. The molecule has 0 unspecified atom stereocenters. The summed E-state index contributed by atoms with van der Waals surface area (Å²) < 4.78 is 0. The van der Waals surface area contributed by atoms with E-state index in [9.17, 15) is 0 Å². The number of hydrogen-bond acceptors (Lipinski definition) is 2. The number of nitrogens with zero attached hydrogens (tertiary/aromatic N) is 1. The number of aromatic nitrogens is 1. The molecule has 4 nitrogen and oxygen atoms in total. The maximum Gasteiger partial charge on any atom is 0.168 e. The quantitative estimate of drug-likeness (QED) is 0.505. The second-order valence-corrected chi connectivity index (χ2v) is 7.23. The van der Waals surface area contributed by atoms with Gasteiger partial charge in [0.15, 0.2) is 5.11 Å². The van der Waals surface area contributed by atoms with Crippen molar-refractivity contribution in [3.63, 3.8) is 0 Å². The summed E-state index contributed by atoms with van der Waals surface area (Å²) in [5, 5.41) is 4.55. The molecule has 5 heteroatoms. The summed E-state index contributed by atoms with van der Waals surface area (Å²) >= 11 is 4.94. The van der Waals surface area contributed by atoms with Crippen LogP contribution in [-0.2, 0) is 0 Å². The maximum atomic E-state index is 5.59. The van der Waals surface area contributed by atoms with E-state index in [0.717, 1.165) is 30.7 Å². The molecule has 2 aromatic rings. The fourth-order valence-electron chi connectivity index (χ4n) is 3.53. The lowest BCUT2D eigenvalue weighted by Gasteiger charge is -2.26. The number of fused-ring (bicyclic) bond motifs is 1. The first kappa shape index (κ1) is 18.0. The molecule has 0 atom stereocenters. The van der Waals surface area contributed by atoms with E-state index in [1.165, 1.54) is 48.8 Å². The lowest BCUT2D eigenvalue weighted by molar-refractivity contribution is 0.294. The number of rotatable bonds is 7. The number of thiocarbonyl (C=S) groups is 1. The molecule has 4 N–H and O–H groups in total. The molecule has 0 fully saturated rings. The Labute approximate surface area is 155 Å². The summed E-state index contributed by atoms with van der Waals surface area (Å²) in [5.41, 5.74) is 10.4. The van der Waals surface area contributed by atoms with Crippen LogP contribution in [0.4, 0.5) is 5.69 Å². The van der Waals surface area contributed by atoms with E-state index in [2.05, 4.69) is 46.5 Å². The van der Waals surface area contributed by atoms with Gasteiger partial charge in [0.1, 0.15) is 0 Å². The predicted octanol–water partition coefficient (Wildman–Crippen LogP) is 4.49. The minimum atomic E-state index is 0.298. The molecule has 0 radical (unpaired) electrons. The molecule has 25 heavy (non-hydrogen) atoms. The molecular weight excluding hydrogens is 328 g/mol. The van der Waals surface area contributed by atoms with Crippen LogP contribution in [0.1, 0.15) is 44.6 Å². The number of hydrogen-bond donors (Lipinski definition) is 3. The van der Waals surface area contributed by atoms with Gasteiger partial charge in [-0.1, -0.05) is 32.3 Å². The minimum absolute atomic E-state index is 0.298. The van der Waals surface area contributed by atoms with E-state index >= 15 is 0 Å². The highest BCUT2D eigenvalue weighted by atomic mass is 32.1. The molecule has 1 aliphatic rings. The Hall–Kier alpha value is -1.85. The van der Waals surface area contributed by atoms with Crippen molar-refractivity contribution in [1.29, 1.82) is 0 Å². The molecule has 1 aliphatic heterocycles. The van der Waals surface area contributed by atoms with Gasteiger partial charge in [0.2, 0.25) is 0 Å². The fourth-order valence-corrected chi connectivity index (χ4v) is 3.65. The highest BCUT2D eigenvalue weighted by Crippen LogP contribution is 2.31. The van der Waals surface area contributed by atoms with Gasteiger partial charge in [0, 0.05) is 41.4 Å². The van der Waals surface area contributed by atoms with Crippen LogP contribution in [0, 0.1) is 0 Å². The number of anilines is 1. The van der Waals surface area contributed by atoms with Crippen molar-refractivity contribution < 1.29 is 0 Å². The summed E-state index contributed by atoms with van der Waals surface area (Å²) in [6.07, 6.45) is 10.9. The summed E-state index contributed by atoms with van der Waals surface area (Å²) in [6, 6.07) is 6.19. The average Bonchev–Trinajstić information content (AvgIpc) is 3.02. The monoisotopic (exact) mass is 356 g/mol. The van der Waals surface area contributed by atoms with Crippen molar-refractivity contribution >= 4 is 39.5 Å². The van der Waals surface area contributed by atoms with Gasteiger partial charge in [-0.2, -0.15) is 0 Å². The Kier molecular flexibility index (Phi) is 6.10. The first-order chi connectivity index (χ1) is 12.2. The summed E-state index contributed by atoms with van der Waals surface area (Å²) in [6.45, 7) is 5.69. The summed E-state index contributed by atoms with van der Waals surface area (Å²) in [4.78, 5) is 5.94. The van der Waals surface area contributed by atoms with Crippen LogP contribution < -0.4 is 11.1 Å². The van der Waals surface area contributed by atoms with Gasteiger partial charge in [-0.15, -0.1) is 0 Å². The zero-order valence-corrected chi connectivity index (χ0v) is 15.8. The third kappa shape index (κ3) is 4.61. The van der Waals surface area contributed by atoms with Gasteiger partial charge in [0.05, 0.1) is 0 Å². The van der Waals surface area contributed by atoms with Crippen molar-refractivity contribution in [3.05, 3.63) is 36.0 Å². The second kappa shape index (κ2) is 8.50. The van der Waals surface area contributed by atoms with Gasteiger partial charge in [-0.05, 0) is 55.4 Å². The van der Waals surface area contributed by atoms with Crippen LogP contribution in [0.2, 0.25) is 0 Å². The van der Waals surface area contributed by atoms with E-state index in [1.54, 1.807) is 0 Å². The lowest BCUT2D eigenvalue weighted by atomic mass is 9.98. The van der Waals surface area contributed by atoms with Gasteiger partial charge >= 0.3 is 0 Å².